The molecule has 1 aliphatic carbocycles. The number of carbonyl (C=O) groups is 1. The van der Waals surface area contributed by atoms with Gasteiger partial charge >= 0.3 is 5.97 Å². The summed E-state index contributed by atoms with van der Waals surface area (Å²) in [6, 6.07) is 1.78. The quantitative estimate of drug-likeness (QED) is 0.845. The highest BCUT2D eigenvalue weighted by atomic mass is 16.5. The van der Waals surface area contributed by atoms with Crippen LogP contribution in [0, 0.1) is 11.8 Å². The fraction of sp³-hybridized carbons (Fsp3) is 0.643. The number of carbonyl (C=O) groups excluding carboxylic acids is 1. The van der Waals surface area contributed by atoms with E-state index >= 15 is 0 Å². The molecule has 1 heterocycles. The maximum absolute atomic E-state index is 11.3. The minimum Gasteiger partial charge on any atom is -0.463 e. The van der Waals surface area contributed by atoms with Crippen LogP contribution in [0.25, 0.3) is 0 Å². The average Bonchev–Trinajstić information content (AvgIpc) is 2.46. The third kappa shape index (κ3) is 3.91. The van der Waals surface area contributed by atoms with Gasteiger partial charge in [-0.25, -0.2) is 14.8 Å². The summed E-state index contributed by atoms with van der Waals surface area (Å²) in [5.74, 6) is 1.85. The molecule has 1 fully saturated rings. The van der Waals surface area contributed by atoms with Gasteiger partial charge in [0, 0.05) is 12.7 Å². The summed E-state index contributed by atoms with van der Waals surface area (Å²) in [5.41, 5.74) is 0. The Balaban J connectivity index is 1.87. The molecule has 1 aromatic rings. The zero-order chi connectivity index (χ0) is 13.7. The van der Waals surface area contributed by atoms with Crippen LogP contribution in [-0.2, 0) is 4.74 Å². The third-order valence-corrected chi connectivity index (χ3v) is 3.73. The Labute approximate surface area is 113 Å². The van der Waals surface area contributed by atoms with Crippen molar-refractivity contribution in [1.82, 2.24) is 9.97 Å². The van der Waals surface area contributed by atoms with Crippen molar-refractivity contribution in [2.45, 2.75) is 32.6 Å². The van der Waals surface area contributed by atoms with Gasteiger partial charge in [0.2, 0.25) is 5.82 Å². The standard InChI is InChI=1S/C14H21N3O2/c1-10-3-5-11(6-4-10)9-16-12-7-8-15-13(17-12)14(18)19-2/h7-8,10-11H,3-6,9H2,1-2H3,(H,15,16,17). The van der Waals surface area contributed by atoms with Gasteiger partial charge in [-0.1, -0.05) is 19.8 Å². The molecule has 1 aromatic heterocycles. The van der Waals surface area contributed by atoms with Crippen LogP contribution in [0.1, 0.15) is 43.2 Å². The van der Waals surface area contributed by atoms with E-state index in [0.717, 1.165) is 12.5 Å². The second-order valence-electron chi connectivity index (χ2n) is 5.26. The summed E-state index contributed by atoms with van der Waals surface area (Å²) in [4.78, 5) is 19.4. The molecule has 1 saturated carbocycles. The molecule has 0 saturated heterocycles. The van der Waals surface area contributed by atoms with E-state index < -0.39 is 5.97 Å². The van der Waals surface area contributed by atoms with Gasteiger partial charge in [-0.3, -0.25) is 0 Å². The number of nitrogens with one attached hydrogen (secondary N) is 1. The fourth-order valence-corrected chi connectivity index (χ4v) is 2.43. The van der Waals surface area contributed by atoms with Crippen molar-refractivity contribution in [2.24, 2.45) is 11.8 Å². The van der Waals surface area contributed by atoms with Crippen molar-refractivity contribution < 1.29 is 9.53 Å². The van der Waals surface area contributed by atoms with Crippen LogP contribution in [0.2, 0.25) is 0 Å². The van der Waals surface area contributed by atoms with E-state index in [1.165, 1.54) is 32.8 Å². The Morgan fingerprint density at radius 3 is 2.84 bits per heavy atom. The molecule has 0 aliphatic heterocycles. The number of ether oxygens (including phenoxy) is 1. The summed E-state index contributed by atoms with van der Waals surface area (Å²) in [6.45, 7) is 3.22. The van der Waals surface area contributed by atoms with Gasteiger partial charge in [0.25, 0.3) is 0 Å². The lowest BCUT2D eigenvalue weighted by Gasteiger charge is -2.26. The van der Waals surface area contributed by atoms with Gasteiger partial charge in [0.15, 0.2) is 0 Å². The molecule has 2 rings (SSSR count). The van der Waals surface area contributed by atoms with Crippen LogP contribution in [0.5, 0.6) is 0 Å². The highest BCUT2D eigenvalue weighted by Gasteiger charge is 2.18. The number of anilines is 1. The smallest absolute Gasteiger partial charge is 0.376 e. The number of aromatic nitrogens is 2. The van der Waals surface area contributed by atoms with Gasteiger partial charge < -0.3 is 10.1 Å². The zero-order valence-electron chi connectivity index (χ0n) is 11.6. The van der Waals surface area contributed by atoms with E-state index in [9.17, 15) is 4.79 Å². The number of hydrogen-bond donors (Lipinski definition) is 1. The van der Waals surface area contributed by atoms with Crippen molar-refractivity contribution in [1.29, 1.82) is 0 Å². The van der Waals surface area contributed by atoms with Crippen LogP contribution in [0.3, 0.4) is 0 Å². The highest BCUT2D eigenvalue weighted by Crippen LogP contribution is 2.28. The molecule has 0 spiro atoms. The minimum atomic E-state index is -0.504. The highest BCUT2D eigenvalue weighted by molar-refractivity contribution is 5.85. The summed E-state index contributed by atoms with van der Waals surface area (Å²) >= 11 is 0. The van der Waals surface area contributed by atoms with Crippen LogP contribution >= 0.6 is 0 Å². The van der Waals surface area contributed by atoms with Gasteiger partial charge in [-0.15, -0.1) is 0 Å². The predicted octanol–water partition coefficient (Wildman–Crippen LogP) is 2.50. The van der Waals surface area contributed by atoms with E-state index in [0.29, 0.717) is 11.7 Å². The second-order valence-corrected chi connectivity index (χ2v) is 5.26. The van der Waals surface area contributed by atoms with Gasteiger partial charge in [-0.05, 0) is 30.7 Å². The molecule has 5 heteroatoms. The Morgan fingerprint density at radius 1 is 1.42 bits per heavy atom. The number of rotatable bonds is 4. The van der Waals surface area contributed by atoms with E-state index in [-0.39, 0.29) is 5.82 Å². The molecule has 19 heavy (non-hydrogen) atoms. The molecule has 104 valence electrons. The van der Waals surface area contributed by atoms with Crippen molar-refractivity contribution >= 4 is 11.8 Å². The summed E-state index contributed by atoms with van der Waals surface area (Å²) in [7, 11) is 1.33. The second kappa shape index (κ2) is 6.50. The molecule has 0 aromatic carbocycles. The first-order chi connectivity index (χ1) is 9.19. The van der Waals surface area contributed by atoms with E-state index in [1.54, 1.807) is 12.3 Å². The monoisotopic (exact) mass is 263 g/mol. The molecule has 0 bridgehead atoms. The normalized spacial score (nSPS) is 22.8. The van der Waals surface area contributed by atoms with Crippen molar-refractivity contribution in [3.63, 3.8) is 0 Å². The van der Waals surface area contributed by atoms with Crippen molar-refractivity contribution in [3.05, 3.63) is 18.1 Å². The Hall–Kier alpha value is -1.65. The number of nitrogens with zero attached hydrogens (tertiary/aromatic N) is 2. The first kappa shape index (κ1) is 13.8. The largest absolute Gasteiger partial charge is 0.463 e. The van der Waals surface area contributed by atoms with Gasteiger partial charge in [0.05, 0.1) is 7.11 Å². The molecule has 0 unspecified atom stereocenters. The summed E-state index contributed by atoms with van der Waals surface area (Å²) < 4.78 is 4.61. The van der Waals surface area contributed by atoms with Crippen LogP contribution in [-0.4, -0.2) is 29.6 Å². The topological polar surface area (TPSA) is 64.1 Å². The molecule has 0 atom stereocenters. The Kier molecular flexibility index (Phi) is 4.71. The van der Waals surface area contributed by atoms with E-state index in [4.69, 9.17) is 0 Å². The van der Waals surface area contributed by atoms with Gasteiger partial charge in [0.1, 0.15) is 5.82 Å². The maximum atomic E-state index is 11.3. The zero-order valence-corrected chi connectivity index (χ0v) is 11.6. The third-order valence-electron chi connectivity index (χ3n) is 3.73. The fourth-order valence-electron chi connectivity index (χ4n) is 2.43. The lowest BCUT2D eigenvalue weighted by atomic mass is 9.83. The molecule has 5 nitrogen and oxygen atoms in total. The Bertz CT molecular complexity index is 428. The lowest BCUT2D eigenvalue weighted by molar-refractivity contribution is 0.0587. The minimum absolute atomic E-state index is 0.102. The average molecular weight is 263 g/mol. The molecule has 1 aliphatic rings. The first-order valence-electron chi connectivity index (χ1n) is 6.84. The van der Waals surface area contributed by atoms with E-state index in [1.807, 2.05) is 0 Å². The lowest BCUT2D eigenvalue weighted by Crippen LogP contribution is -2.21. The molecule has 1 N–H and O–H groups in total. The SMILES string of the molecule is COC(=O)c1nccc(NCC2CCC(C)CC2)n1. The number of hydrogen-bond acceptors (Lipinski definition) is 5. The predicted molar refractivity (Wildman–Crippen MR) is 73.0 cm³/mol. The number of methoxy groups -OCH3 is 1. The van der Waals surface area contributed by atoms with Crippen LogP contribution in [0.4, 0.5) is 5.82 Å². The molecule has 0 amide bonds. The van der Waals surface area contributed by atoms with Crippen molar-refractivity contribution in [3.8, 4) is 0 Å². The van der Waals surface area contributed by atoms with Crippen LogP contribution in [0.15, 0.2) is 12.3 Å². The maximum Gasteiger partial charge on any atom is 0.376 e. The van der Waals surface area contributed by atoms with E-state index in [2.05, 4.69) is 26.9 Å². The van der Waals surface area contributed by atoms with Crippen molar-refractivity contribution in [2.75, 3.05) is 19.0 Å². The molecular formula is C14H21N3O2. The summed E-state index contributed by atoms with van der Waals surface area (Å²) in [5, 5.41) is 3.29. The molecule has 0 radical (unpaired) electrons. The first-order valence-corrected chi connectivity index (χ1v) is 6.84. The molecular weight excluding hydrogens is 242 g/mol. The summed E-state index contributed by atoms with van der Waals surface area (Å²) in [6.07, 6.45) is 6.73. The Morgan fingerprint density at radius 2 is 2.16 bits per heavy atom. The number of esters is 1. The van der Waals surface area contributed by atoms with Gasteiger partial charge in [-0.2, -0.15) is 0 Å². The van der Waals surface area contributed by atoms with Crippen LogP contribution < -0.4 is 5.32 Å².